The van der Waals surface area contributed by atoms with Gasteiger partial charge in [0.05, 0.1) is 6.57 Å². The molecule has 0 aliphatic carbocycles. The van der Waals surface area contributed by atoms with E-state index in [1.54, 1.807) is 0 Å². The second-order valence-corrected chi connectivity index (χ2v) is 5.55. The maximum atomic E-state index is 6.88. The van der Waals surface area contributed by atoms with Gasteiger partial charge >= 0.3 is 0 Å². The normalized spacial score (nSPS) is 10.5. The van der Waals surface area contributed by atoms with Gasteiger partial charge in [0.25, 0.3) is 0 Å². The zero-order chi connectivity index (χ0) is 12.0. The molecule has 0 amide bonds. The third-order valence-electron chi connectivity index (χ3n) is 2.71. The van der Waals surface area contributed by atoms with Crippen LogP contribution in [0.25, 0.3) is 4.85 Å². The predicted molar refractivity (Wildman–Crippen MR) is 76.4 cm³/mol. The molecule has 0 atom stereocenters. The first-order valence-corrected chi connectivity index (χ1v) is 5.98. The summed E-state index contributed by atoms with van der Waals surface area (Å²) in [6, 6.07) is 7.97. The van der Waals surface area contributed by atoms with Crippen molar-refractivity contribution in [1.29, 1.82) is 0 Å². The fraction of sp³-hybridized carbons (Fsp3) is 0.562. The molecule has 0 aliphatic heterocycles. The maximum absolute atomic E-state index is 6.88. The number of benzene rings is 1. The van der Waals surface area contributed by atoms with Gasteiger partial charge in [-0.1, -0.05) is 64.4 Å². The van der Waals surface area contributed by atoms with Crippen LogP contribution in [0.15, 0.2) is 24.3 Å². The number of rotatable bonds is 4. The molecular formula is C16H25N. The van der Waals surface area contributed by atoms with Crippen LogP contribution < -0.4 is 0 Å². The summed E-state index contributed by atoms with van der Waals surface area (Å²) in [7, 11) is 0. The topological polar surface area (TPSA) is 4.36 Å². The summed E-state index contributed by atoms with van der Waals surface area (Å²) < 4.78 is 0. The standard InChI is InChI=1S/C15H21N.CH4/c1-15(2,3)12-6-5-7-13-8-10-14(16-4)11-9-13;/h8-11H,5-7,12H2,1-3H3;1H4. The van der Waals surface area contributed by atoms with Crippen molar-refractivity contribution in [2.24, 2.45) is 5.41 Å². The zero-order valence-corrected chi connectivity index (χ0v) is 10.6. The molecular weight excluding hydrogens is 206 g/mol. The Bertz CT molecular complexity index is 349. The van der Waals surface area contributed by atoms with Gasteiger partial charge in [-0.15, -0.1) is 0 Å². The molecule has 1 aromatic carbocycles. The van der Waals surface area contributed by atoms with E-state index in [1.807, 2.05) is 12.1 Å². The molecule has 1 nitrogen and oxygen atoms in total. The van der Waals surface area contributed by atoms with E-state index in [1.165, 1.54) is 24.8 Å². The molecule has 94 valence electrons. The zero-order valence-electron chi connectivity index (χ0n) is 10.6. The summed E-state index contributed by atoms with van der Waals surface area (Å²) in [6.07, 6.45) is 4.95. The largest absolute Gasteiger partial charge is 0.238 e. The van der Waals surface area contributed by atoms with Gasteiger partial charge in [-0.3, -0.25) is 0 Å². The van der Waals surface area contributed by atoms with E-state index in [0.717, 1.165) is 12.1 Å². The molecule has 0 bridgehead atoms. The highest BCUT2D eigenvalue weighted by Crippen LogP contribution is 2.22. The van der Waals surface area contributed by atoms with Crippen molar-refractivity contribution in [3.8, 4) is 0 Å². The Balaban J connectivity index is 0.00000256. The van der Waals surface area contributed by atoms with Crippen LogP contribution in [-0.4, -0.2) is 0 Å². The molecule has 0 fully saturated rings. The summed E-state index contributed by atoms with van der Waals surface area (Å²) in [4.78, 5) is 3.39. The Morgan fingerprint density at radius 3 is 2.12 bits per heavy atom. The van der Waals surface area contributed by atoms with Gasteiger partial charge in [0.1, 0.15) is 0 Å². The molecule has 0 spiro atoms. The highest BCUT2D eigenvalue weighted by atomic mass is 14.6. The highest BCUT2D eigenvalue weighted by Gasteiger charge is 2.08. The third-order valence-corrected chi connectivity index (χ3v) is 2.71. The van der Waals surface area contributed by atoms with Crippen molar-refractivity contribution in [2.75, 3.05) is 0 Å². The van der Waals surface area contributed by atoms with Crippen molar-refractivity contribution >= 4 is 5.69 Å². The number of unbranched alkanes of at least 4 members (excludes halogenated alkanes) is 1. The Hall–Kier alpha value is -1.29. The van der Waals surface area contributed by atoms with Crippen LogP contribution in [0.3, 0.4) is 0 Å². The summed E-state index contributed by atoms with van der Waals surface area (Å²) >= 11 is 0. The molecule has 0 heterocycles. The van der Waals surface area contributed by atoms with E-state index in [0.29, 0.717) is 5.41 Å². The molecule has 0 radical (unpaired) electrons. The lowest BCUT2D eigenvalue weighted by Gasteiger charge is -2.17. The van der Waals surface area contributed by atoms with E-state index in [4.69, 9.17) is 6.57 Å². The minimum absolute atomic E-state index is 0. The van der Waals surface area contributed by atoms with E-state index < -0.39 is 0 Å². The van der Waals surface area contributed by atoms with Crippen LogP contribution in [0.1, 0.15) is 53.0 Å². The fourth-order valence-electron chi connectivity index (χ4n) is 1.72. The van der Waals surface area contributed by atoms with Crippen molar-refractivity contribution in [1.82, 2.24) is 0 Å². The van der Waals surface area contributed by atoms with E-state index in [-0.39, 0.29) is 7.43 Å². The van der Waals surface area contributed by atoms with Gasteiger partial charge in [0.2, 0.25) is 0 Å². The molecule has 0 unspecified atom stereocenters. The summed E-state index contributed by atoms with van der Waals surface area (Å²) in [5.74, 6) is 0. The Labute approximate surface area is 107 Å². The van der Waals surface area contributed by atoms with Crippen molar-refractivity contribution in [3.05, 3.63) is 41.2 Å². The molecule has 0 aromatic heterocycles. The minimum Gasteiger partial charge on any atom is -0.238 e. The lowest BCUT2D eigenvalue weighted by Crippen LogP contribution is -2.04. The molecule has 1 aromatic rings. The van der Waals surface area contributed by atoms with Crippen LogP contribution in [0.4, 0.5) is 5.69 Å². The lowest BCUT2D eigenvalue weighted by molar-refractivity contribution is 0.360. The SMILES string of the molecule is C.[C-]#[N+]c1ccc(CCCCC(C)(C)C)cc1. The minimum atomic E-state index is 0. The average Bonchev–Trinajstić information content (AvgIpc) is 2.24. The van der Waals surface area contributed by atoms with Gasteiger partial charge in [0, 0.05) is 0 Å². The second kappa shape index (κ2) is 7.12. The molecule has 0 aliphatic rings. The molecule has 0 N–H and O–H groups in total. The molecule has 1 rings (SSSR count). The smallest absolute Gasteiger partial charge is 0.187 e. The Kier molecular flexibility index (Phi) is 6.58. The van der Waals surface area contributed by atoms with Crippen LogP contribution >= 0.6 is 0 Å². The first-order chi connectivity index (χ1) is 7.51. The van der Waals surface area contributed by atoms with Gasteiger partial charge in [0.15, 0.2) is 5.69 Å². The monoisotopic (exact) mass is 231 g/mol. The quantitative estimate of drug-likeness (QED) is 0.467. The van der Waals surface area contributed by atoms with Gasteiger partial charge in [-0.2, -0.15) is 0 Å². The van der Waals surface area contributed by atoms with Crippen molar-refractivity contribution < 1.29 is 0 Å². The Morgan fingerprint density at radius 1 is 1.06 bits per heavy atom. The first kappa shape index (κ1) is 15.7. The number of hydrogen-bond acceptors (Lipinski definition) is 0. The predicted octanol–water partition coefficient (Wildman–Crippen LogP) is 5.63. The fourth-order valence-corrected chi connectivity index (χ4v) is 1.72. The number of aryl methyl sites for hydroxylation is 1. The van der Waals surface area contributed by atoms with Gasteiger partial charge in [-0.25, -0.2) is 4.85 Å². The summed E-state index contributed by atoms with van der Waals surface area (Å²) in [6.45, 7) is 13.7. The average molecular weight is 231 g/mol. The molecule has 1 heteroatoms. The van der Waals surface area contributed by atoms with Crippen molar-refractivity contribution in [2.45, 2.75) is 53.9 Å². The first-order valence-electron chi connectivity index (χ1n) is 5.98. The van der Waals surface area contributed by atoms with Crippen LogP contribution in [0.5, 0.6) is 0 Å². The van der Waals surface area contributed by atoms with Crippen LogP contribution in [0.2, 0.25) is 0 Å². The lowest BCUT2D eigenvalue weighted by atomic mass is 9.89. The third kappa shape index (κ3) is 6.79. The number of nitrogens with zero attached hydrogens (tertiary/aromatic N) is 1. The molecule has 0 saturated carbocycles. The number of hydrogen-bond donors (Lipinski definition) is 0. The maximum Gasteiger partial charge on any atom is 0.187 e. The summed E-state index contributed by atoms with van der Waals surface area (Å²) in [5, 5.41) is 0. The van der Waals surface area contributed by atoms with Crippen molar-refractivity contribution in [3.63, 3.8) is 0 Å². The summed E-state index contributed by atoms with van der Waals surface area (Å²) in [5.41, 5.74) is 2.54. The van der Waals surface area contributed by atoms with Crippen LogP contribution in [-0.2, 0) is 6.42 Å². The van der Waals surface area contributed by atoms with E-state index in [2.05, 4.69) is 37.7 Å². The van der Waals surface area contributed by atoms with E-state index >= 15 is 0 Å². The molecule has 0 saturated heterocycles. The Morgan fingerprint density at radius 2 is 1.65 bits per heavy atom. The van der Waals surface area contributed by atoms with E-state index in [9.17, 15) is 0 Å². The molecule has 17 heavy (non-hydrogen) atoms. The van der Waals surface area contributed by atoms with Crippen LogP contribution in [0, 0.1) is 12.0 Å². The van der Waals surface area contributed by atoms with Gasteiger partial charge in [-0.05, 0) is 24.7 Å². The second-order valence-electron chi connectivity index (χ2n) is 5.55. The van der Waals surface area contributed by atoms with Gasteiger partial charge < -0.3 is 0 Å². The highest BCUT2D eigenvalue weighted by molar-refractivity contribution is 5.45.